The average Bonchev–Trinajstić information content (AvgIpc) is 2.28. The Balaban J connectivity index is 3.13. The van der Waals surface area contributed by atoms with Crippen LogP contribution in [0.4, 0.5) is 13.2 Å². The molecule has 102 valence electrons. The van der Waals surface area contributed by atoms with Crippen molar-refractivity contribution in [2.24, 2.45) is 5.73 Å². The van der Waals surface area contributed by atoms with Gasteiger partial charge < -0.3 is 10.5 Å². The van der Waals surface area contributed by atoms with Crippen molar-refractivity contribution >= 4 is 0 Å². The second-order valence-corrected chi connectivity index (χ2v) is 3.78. The minimum Gasteiger partial charge on any atom is -0.478 e. The number of aromatic nitrogens is 2. The number of alkyl halides is 3. The van der Waals surface area contributed by atoms with Crippen LogP contribution in [0.2, 0.25) is 0 Å². The summed E-state index contributed by atoms with van der Waals surface area (Å²) in [6.45, 7) is 3.79. The summed E-state index contributed by atoms with van der Waals surface area (Å²) in [5, 5.41) is 0. The van der Waals surface area contributed by atoms with Crippen LogP contribution in [0.25, 0.3) is 0 Å². The third-order valence-electron chi connectivity index (χ3n) is 2.23. The smallest absolute Gasteiger partial charge is 0.433 e. The minimum absolute atomic E-state index is 0.0323. The Labute approximate surface area is 103 Å². The Bertz CT molecular complexity index is 396. The van der Waals surface area contributed by atoms with E-state index in [2.05, 4.69) is 9.97 Å². The Kier molecular flexibility index (Phi) is 4.89. The van der Waals surface area contributed by atoms with Crippen molar-refractivity contribution in [1.29, 1.82) is 0 Å². The molecule has 0 fully saturated rings. The molecule has 0 saturated heterocycles. The van der Waals surface area contributed by atoms with Crippen molar-refractivity contribution in [3.05, 3.63) is 17.6 Å². The van der Waals surface area contributed by atoms with Crippen LogP contribution in [-0.2, 0) is 6.18 Å². The molecule has 0 aromatic carbocycles. The van der Waals surface area contributed by atoms with Gasteiger partial charge in [-0.3, -0.25) is 0 Å². The number of halogens is 3. The van der Waals surface area contributed by atoms with Gasteiger partial charge in [0.25, 0.3) is 0 Å². The van der Waals surface area contributed by atoms with E-state index >= 15 is 0 Å². The second-order valence-electron chi connectivity index (χ2n) is 3.78. The molecule has 0 aliphatic carbocycles. The largest absolute Gasteiger partial charge is 0.478 e. The van der Waals surface area contributed by atoms with E-state index in [0.29, 0.717) is 6.42 Å². The van der Waals surface area contributed by atoms with E-state index in [-0.39, 0.29) is 18.3 Å². The average molecular weight is 263 g/mol. The quantitative estimate of drug-likeness (QED) is 0.887. The molecule has 2 N–H and O–H groups in total. The summed E-state index contributed by atoms with van der Waals surface area (Å²) in [5.74, 6) is -0.128. The Hall–Kier alpha value is -1.37. The van der Waals surface area contributed by atoms with E-state index in [0.717, 1.165) is 12.5 Å². The highest BCUT2D eigenvalue weighted by atomic mass is 19.4. The molecule has 0 bridgehead atoms. The summed E-state index contributed by atoms with van der Waals surface area (Å²) < 4.78 is 43.0. The van der Waals surface area contributed by atoms with Crippen LogP contribution in [0.15, 0.2) is 6.07 Å². The predicted molar refractivity (Wildman–Crippen MR) is 60.0 cm³/mol. The summed E-state index contributed by atoms with van der Waals surface area (Å²) in [5.41, 5.74) is 4.71. The molecule has 1 unspecified atom stereocenters. The molecule has 1 atom stereocenters. The minimum atomic E-state index is -4.53. The summed E-state index contributed by atoms with van der Waals surface area (Å²) in [4.78, 5) is 7.36. The molecule has 1 heterocycles. The first kappa shape index (κ1) is 14.7. The van der Waals surface area contributed by atoms with E-state index in [1.54, 1.807) is 6.92 Å². The van der Waals surface area contributed by atoms with Gasteiger partial charge in [-0.1, -0.05) is 13.3 Å². The number of hydrogen-bond donors (Lipinski definition) is 1. The van der Waals surface area contributed by atoms with Crippen LogP contribution in [-0.4, -0.2) is 16.6 Å². The zero-order valence-electron chi connectivity index (χ0n) is 10.3. The van der Waals surface area contributed by atoms with E-state index in [1.807, 2.05) is 6.92 Å². The van der Waals surface area contributed by atoms with Gasteiger partial charge in [0.05, 0.1) is 12.6 Å². The van der Waals surface area contributed by atoms with Crippen molar-refractivity contribution in [3.63, 3.8) is 0 Å². The summed E-state index contributed by atoms with van der Waals surface area (Å²) in [6, 6.07) is 0.169. The molecule has 18 heavy (non-hydrogen) atoms. The molecule has 7 heteroatoms. The Morgan fingerprint density at radius 2 is 2.00 bits per heavy atom. The molecule has 0 aliphatic rings. The van der Waals surface area contributed by atoms with Crippen molar-refractivity contribution in [2.75, 3.05) is 6.61 Å². The second kappa shape index (κ2) is 5.99. The van der Waals surface area contributed by atoms with Crippen molar-refractivity contribution in [3.8, 4) is 5.88 Å². The van der Waals surface area contributed by atoms with Crippen molar-refractivity contribution in [2.45, 2.75) is 38.9 Å². The van der Waals surface area contributed by atoms with Gasteiger partial charge in [-0.2, -0.15) is 18.2 Å². The Morgan fingerprint density at radius 1 is 1.33 bits per heavy atom. The van der Waals surface area contributed by atoms with E-state index < -0.39 is 17.9 Å². The van der Waals surface area contributed by atoms with Gasteiger partial charge >= 0.3 is 6.18 Å². The van der Waals surface area contributed by atoms with Gasteiger partial charge in [0.15, 0.2) is 5.69 Å². The number of rotatable bonds is 5. The fraction of sp³-hybridized carbons (Fsp3) is 0.636. The van der Waals surface area contributed by atoms with Gasteiger partial charge in [0.2, 0.25) is 5.88 Å². The zero-order valence-corrected chi connectivity index (χ0v) is 10.3. The lowest BCUT2D eigenvalue weighted by atomic mass is 10.1. The van der Waals surface area contributed by atoms with Crippen molar-refractivity contribution < 1.29 is 17.9 Å². The highest BCUT2D eigenvalue weighted by Gasteiger charge is 2.34. The van der Waals surface area contributed by atoms with Crippen LogP contribution >= 0.6 is 0 Å². The first-order valence-electron chi connectivity index (χ1n) is 5.73. The van der Waals surface area contributed by atoms with E-state index in [9.17, 15) is 13.2 Å². The molecule has 1 aromatic rings. The lowest BCUT2D eigenvalue weighted by Gasteiger charge is -2.14. The number of ether oxygens (including phenoxy) is 1. The van der Waals surface area contributed by atoms with Gasteiger partial charge in [0, 0.05) is 6.07 Å². The first-order chi connectivity index (χ1) is 8.38. The normalized spacial score (nSPS) is 13.4. The van der Waals surface area contributed by atoms with Crippen molar-refractivity contribution in [1.82, 2.24) is 9.97 Å². The lowest BCUT2D eigenvalue weighted by molar-refractivity contribution is -0.141. The van der Waals surface area contributed by atoms with Gasteiger partial charge in [-0.25, -0.2) is 4.98 Å². The standard InChI is InChI=1S/C11H16F3N3O/c1-3-5-7(15)10-16-8(11(12,13)14)6-9(17-10)18-4-2/h6-7H,3-5,15H2,1-2H3. The molecule has 0 saturated carbocycles. The van der Waals surface area contributed by atoms with E-state index in [1.165, 1.54) is 0 Å². The molecule has 0 amide bonds. The first-order valence-corrected chi connectivity index (χ1v) is 5.73. The number of nitrogens with two attached hydrogens (primary N) is 1. The predicted octanol–water partition coefficient (Wildman–Crippen LogP) is 2.69. The van der Waals surface area contributed by atoms with Crippen LogP contribution < -0.4 is 10.5 Å². The van der Waals surface area contributed by atoms with Gasteiger partial charge in [0.1, 0.15) is 5.82 Å². The maximum absolute atomic E-state index is 12.7. The van der Waals surface area contributed by atoms with Crippen LogP contribution in [0, 0.1) is 0 Å². The summed E-state index contributed by atoms with van der Waals surface area (Å²) >= 11 is 0. The molecule has 0 aliphatic heterocycles. The SMILES string of the molecule is CCCC(N)c1nc(OCC)cc(C(F)(F)F)n1. The summed E-state index contributed by atoms with van der Waals surface area (Å²) in [6.07, 6.45) is -3.27. The fourth-order valence-electron chi connectivity index (χ4n) is 1.42. The maximum Gasteiger partial charge on any atom is 0.433 e. The number of nitrogens with zero attached hydrogens (tertiary/aromatic N) is 2. The van der Waals surface area contributed by atoms with Crippen LogP contribution in [0.1, 0.15) is 44.2 Å². The highest BCUT2D eigenvalue weighted by Crippen LogP contribution is 2.30. The molecule has 0 spiro atoms. The molecule has 1 rings (SSSR count). The summed E-state index contributed by atoms with van der Waals surface area (Å²) in [7, 11) is 0. The molecular formula is C11H16F3N3O. The third-order valence-corrected chi connectivity index (χ3v) is 2.23. The third kappa shape index (κ3) is 3.83. The maximum atomic E-state index is 12.7. The highest BCUT2D eigenvalue weighted by molar-refractivity contribution is 5.19. The van der Waals surface area contributed by atoms with Crippen LogP contribution in [0.5, 0.6) is 5.88 Å². The monoisotopic (exact) mass is 263 g/mol. The Morgan fingerprint density at radius 3 is 2.50 bits per heavy atom. The van der Waals surface area contributed by atoms with Gasteiger partial charge in [-0.05, 0) is 13.3 Å². The molecule has 4 nitrogen and oxygen atoms in total. The topological polar surface area (TPSA) is 61.0 Å². The fourth-order valence-corrected chi connectivity index (χ4v) is 1.42. The van der Waals surface area contributed by atoms with Gasteiger partial charge in [-0.15, -0.1) is 0 Å². The van der Waals surface area contributed by atoms with Crippen LogP contribution in [0.3, 0.4) is 0 Å². The van der Waals surface area contributed by atoms with E-state index in [4.69, 9.17) is 10.5 Å². The zero-order chi connectivity index (χ0) is 13.8. The lowest BCUT2D eigenvalue weighted by Crippen LogP contribution is -2.18. The molecule has 0 radical (unpaired) electrons. The molecular weight excluding hydrogens is 247 g/mol. The number of hydrogen-bond acceptors (Lipinski definition) is 4. The molecule has 1 aromatic heterocycles.